The van der Waals surface area contributed by atoms with Gasteiger partial charge in [-0.3, -0.25) is 4.98 Å². The molecule has 0 unspecified atom stereocenters. The van der Waals surface area contributed by atoms with Crippen LogP contribution in [0.3, 0.4) is 0 Å². The molecule has 3 nitrogen and oxygen atoms in total. The summed E-state index contributed by atoms with van der Waals surface area (Å²) in [6.07, 6.45) is 1.41. The highest BCUT2D eigenvalue weighted by Gasteiger charge is 2.39. The molecule has 2 aromatic carbocycles. The number of fused-ring (bicyclic) bond motifs is 2. The standard InChI is InChI=1S/C22H24N2O/c1-13-11-16(17-9-5-7-15-8-6-10-23-20(15)17)12-18-14(2)21(25)22(3,4)24-19(13)18/h5-12,14,21,24-25H,1-4H3/t14-,21+/m1/s1. The Balaban J connectivity index is 1.93. The Bertz CT molecular complexity index is 956. The molecule has 25 heavy (non-hydrogen) atoms. The van der Waals surface area contributed by atoms with Crippen LogP contribution in [0.4, 0.5) is 5.69 Å². The smallest absolute Gasteiger partial charge is 0.0830 e. The van der Waals surface area contributed by atoms with Crippen molar-refractivity contribution in [2.24, 2.45) is 0 Å². The van der Waals surface area contributed by atoms with Crippen molar-refractivity contribution in [1.29, 1.82) is 0 Å². The maximum Gasteiger partial charge on any atom is 0.0830 e. The second-order valence-electron chi connectivity index (χ2n) is 7.72. The number of aliphatic hydroxyl groups excluding tert-OH is 1. The van der Waals surface area contributed by atoms with E-state index in [9.17, 15) is 5.11 Å². The van der Waals surface area contributed by atoms with E-state index < -0.39 is 6.10 Å². The van der Waals surface area contributed by atoms with Crippen molar-refractivity contribution in [3.05, 3.63) is 59.8 Å². The summed E-state index contributed by atoms with van der Waals surface area (Å²) in [5.41, 5.74) is 6.50. The molecular formula is C22H24N2O. The van der Waals surface area contributed by atoms with Crippen LogP contribution in [0.15, 0.2) is 48.7 Å². The van der Waals surface area contributed by atoms with E-state index in [4.69, 9.17) is 0 Å². The number of rotatable bonds is 1. The van der Waals surface area contributed by atoms with E-state index in [-0.39, 0.29) is 11.5 Å². The SMILES string of the molecule is Cc1cc(-c2cccc3cccnc23)cc2c1NC(C)(C)[C@@H](O)[C@@H]2C. The summed E-state index contributed by atoms with van der Waals surface area (Å²) in [5.74, 6) is 0.0767. The van der Waals surface area contributed by atoms with Gasteiger partial charge in [0, 0.05) is 28.8 Å². The number of nitrogens with one attached hydrogen (secondary N) is 1. The van der Waals surface area contributed by atoms with Crippen LogP contribution in [0.2, 0.25) is 0 Å². The van der Waals surface area contributed by atoms with Gasteiger partial charge in [0.25, 0.3) is 0 Å². The monoisotopic (exact) mass is 332 g/mol. The van der Waals surface area contributed by atoms with Gasteiger partial charge in [-0.05, 0) is 55.7 Å². The van der Waals surface area contributed by atoms with Crippen LogP contribution in [0.5, 0.6) is 0 Å². The van der Waals surface area contributed by atoms with Gasteiger partial charge in [-0.25, -0.2) is 0 Å². The third-order valence-electron chi connectivity index (χ3n) is 5.46. The zero-order valence-electron chi connectivity index (χ0n) is 15.2. The van der Waals surface area contributed by atoms with E-state index in [0.717, 1.165) is 27.7 Å². The number of aryl methyl sites for hydroxylation is 1. The molecule has 0 aliphatic carbocycles. The van der Waals surface area contributed by atoms with Gasteiger partial charge in [0.15, 0.2) is 0 Å². The van der Waals surface area contributed by atoms with Crippen molar-refractivity contribution in [2.45, 2.75) is 45.3 Å². The number of anilines is 1. The molecule has 2 N–H and O–H groups in total. The van der Waals surface area contributed by atoms with Gasteiger partial charge in [0.2, 0.25) is 0 Å². The Labute approximate surface area is 148 Å². The third-order valence-corrected chi connectivity index (χ3v) is 5.46. The van der Waals surface area contributed by atoms with Crippen molar-refractivity contribution >= 4 is 16.6 Å². The zero-order valence-corrected chi connectivity index (χ0v) is 15.2. The Morgan fingerprint density at radius 1 is 1.12 bits per heavy atom. The Morgan fingerprint density at radius 3 is 2.68 bits per heavy atom. The van der Waals surface area contributed by atoms with E-state index in [1.807, 2.05) is 12.3 Å². The van der Waals surface area contributed by atoms with Gasteiger partial charge in [-0.15, -0.1) is 0 Å². The van der Waals surface area contributed by atoms with Gasteiger partial charge in [-0.2, -0.15) is 0 Å². The highest BCUT2D eigenvalue weighted by Crippen LogP contribution is 2.43. The molecule has 3 aromatic rings. The lowest BCUT2D eigenvalue weighted by Crippen LogP contribution is -2.50. The first-order valence-electron chi connectivity index (χ1n) is 8.83. The lowest BCUT2D eigenvalue weighted by atomic mass is 9.77. The van der Waals surface area contributed by atoms with Gasteiger partial charge in [-0.1, -0.05) is 31.2 Å². The van der Waals surface area contributed by atoms with Gasteiger partial charge in [0.1, 0.15) is 0 Å². The van der Waals surface area contributed by atoms with Crippen LogP contribution < -0.4 is 5.32 Å². The van der Waals surface area contributed by atoms with Crippen molar-refractivity contribution in [3.63, 3.8) is 0 Å². The molecule has 1 aliphatic rings. The second-order valence-corrected chi connectivity index (χ2v) is 7.72. The molecule has 0 radical (unpaired) electrons. The molecule has 0 bridgehead atoms. The minimum absolute atomic E-state index is 0.0767. The van der Waals surface area contributed by atoms with E-state index in [0.29, 0.717) is 0 Å². The van der Waals surface area contributed by atoms with E-state index in [1.165, 1.54) is 11.1 Å². The predicted octanol–water partition coefficient (Wildman–Crippen LogP) is 4.88. The fraction of sp³-hybridized carbons (Fsp3) is 0.318. The van der Waals surface area contributed by atoms with E-state index in [2.05, 4.69) is 74.4 Å². The molecule has 3 heteroatoms. The molecule has 1 aromatic heterocycles. The largest absolute Gasteiger partial charge is 0.390 e. The quantitative estimate of drug-likeness (QED) is 0.667. The normalized spacial score (nSPS) is 21.6. The highest BCUT2D eigenvalue weighted by molar-refractivity contribution is 5.94. The summed E-state index contributed by atoms with van der Waals surface area (Å²) in [6, 6.07) is 14.8. The summed E-state index contributed by atoms with van der Waals surface area (Å²) in [5, 5.41) is 15.4. The van der Waals surface area contributed by atoms with Crippen LogP contribution in [-0.4, -0.2) is 21.7 Å². The molecule has 0 amide bonds. The number of nitrogens with zero attached hydrogens (tertiary/aromatic N) is 1. The minimum Gasteiger partial charge on any atom is -0.390 e. The fourth-order valence-electron chi connectivity index (χ4n) is 4.03. The van der Waals surface area contributed by atoms with Gasteiger partial charge in [0.05, 0.1) is 17.2 Å². The van der Waals surface area contributed by atoms with Gasteiger partial charge >= 0.3 is 0 Å². The van der Waals surface area contributed by atoms with Crippen LogP contribution in [0.25, 0.3) is 22.0 Å². The number of aliphatic hydroxyl groups is 1. The Morgan fingerprint density at radius 2 is 1.88 bits per heavy atom. The Kier molecular flexibility index (Phi) is 3.58. The Hall–Kier alpha value is -2.39. The number of benzene rings is 2. The average molecular weight is 332 g/mol. The summed E-state index contributed by atoms with van der Waals surface area (Å²) in [4.78, 5) is 4.59. The van der Waals surface area contributed by atoms with E-state index in [1.54, 1.807) is 0 Å². The van der Waals surface area contributed by atoms with Crippen molar-refractivity contribution in [1.82, 2.24) is 4.98 Å². The molecule has 0 saturated carbocycles. The molecule has 0 spiro atoms. The topological polar surface area (TPSA) is 45.2 Å². The third kappa shape index (κ3) is 2.50. The maximum absolute atomic E-state index is 10.7. The molecule has 1 aliphatic heterocycles. The van der Waals surface area contributed by atoms with Crippen LogP contribution in [0.1, 0.15) is 37.8 Å². The predicted molar refractivity (Wildman–Crippen MR) is 104 cm³/mol. The van der Waals surface area contributed by atoms with Gasteiger partial charge < -0.3 is 10.4 Å². The lowest BCUT2D eigenvalue weighted by Gasteiger charge is -2.43. The minimum atomic E-state index is -0.430. The number of para-hydroxylation sites is 1. The summed E-state index contributed by atoms with van der Waals surface area (Å²) in [7, 11) is 0. The average Bonchev–Trinajstić information content (AvgIpc) is 2.60. The molecule has 4 rings (SSSR count). The molecular weight excluding hydrogens is 308 g/mol. The summed E-state index contributed by atoms with van der Waals surface area (Å²) >= 11 is 0. The van der Waals surface area contributed by atoms with Crippen LogP contribution >= 0.6 is 0 Å². The van der Waals surface area contributed by atoms with Crippen LogP contribution in [0, 0.1) is 6.92 Å². The zero-order chi connectivity index (χ0) is 17.8. The number of hydrogen-bond donors (Lipinski definition) is 2. The summed E-state index contributed by atoms with van der Waals surface area (Å²) < 4.78 is 0. The first-order chi connectivity index (χ1) is 11.9. The highest BCUT2D eigenvalue weighted by atomic mass is 16.3. The number of pyridine rings is 1. The van der Waals surface area contributed by atoms with E-state index >= 15 is 0 Å². The number of aromatic nitrogens is 1. The lowest BCUT2D eigenvalue weighted by molar-refractivity contribution is 0.0869. The maximum atomic E-state index is 10.7. The summed E-state index contributed by atoms with van der Waals surface area (Å²) in [6.45, 7) is 8.35. The molecule has 0 fully saturated rings. The van der Waals surface area contributed by atoms with Crippen molar-refractivity contribution in [3.8, 4) is 11.1 Å². The molecule has 2 atom stereocenters. The molecule has 128 valence electrons. The molecule has 0 saturated heterocycles. The van der Waals surface area contributed by atoms with Crippen molar-refractivity contribution < 1.29 is 5.11 Å². The first-order valence-corrected chi connectivity index (χ1v) is 8.83. The first kappa shape index (κ1) is 16.1. The number of hydrogen-bond acceptors (Lipinski definition) is 3. The van der Waals surface area contributed by atoms with Crippen LogP contribution in [-0.2, 0) is 0 Å². The fourth-order valence-corrected chi connectivity index (χ4v) is 4.03. The van der Waals surface area contributed by atoms with Crippen molar-refractivity contribution in [2.75, 3.05) is 5.32 Å². The molecule has 2 heterocycles. The second kappa shape index (κ2) is 5.57.